The van der Waals surface area contributed by atoms with E-state index in [1.165, 1.54) is 0 Å². The largest absolute Gasteiger partial charge is 0.508 e. The number of allylic oxidation sites excluding steroid dienone is 1. The summed E-state index contributed by atoms with van der Waals surface area (Å²) in [4.78, 5) is 0. The second-order valence-corrected chi connectivity index (χ2v) is 8.49. The monoisotopic (exact) mass is 484 g/mol. The Balaban J connectivity index is 1.52. The molecule has 0 atom stereocenters. The molecule has 0 aliphatic rings. The molecule has 0 amide bonds. The van der Waals surface area contributed by atoms with Gasteiger partial charge in [-0.3, -0.25) is 0 Å². The van der Waals surface area contributed by atoms with E-state index in [4.69, 9.17) is 21.1 Å². The van der Waals surface area contributed by atoms with Gasteiger partial charge < -0.3 is 14.6 Å². The maximum atomic E-state index is 9.77. The predicted octanol–water partition coefficient (Wildman–Crippen LogP) is 7.58. The molecule has 0 heterocycles. The number of rotatable bonds is 11. The Labute approximate surface area is 212 Å². The van der Waals surface area contributed by atoms with Gasteiger partial charge in [0.2, 0.25) is 0 Å². The van der Waals surface area contributed by atoms with Gasteiger partial charge in [0.05, 0.1) is 13.2 Å². The van der Waals surface area contributed by atoms with Gasteiger partial charge in [0.1, 0.15) is 18.1 Å². The molecule has 4 aromatic carbocycles. The van der Waals surface area contributed by atoms with E-state index in [1.807, 2.05) is 72.8 Å². The Hall–Kier alpha value is -3.53. The van der Waals surface area contributed by atoms with Crippen molar-refractivity contribution >= 4 is 22.7 Å². The number of alkyl halides is 1. The summed E-state index contributed by atoms with van der Waals surface area (Å²) in [7, 11) is 0. The Morgan fingerprint density at radius 3 is 1.91 bits per heavy atom. The maximum absolute atomic E-state index is 9.77. The minimum Gasteiger partial charge on any atom is -0.508 e. The highest BCUT2D eigenvalue weighted by Gasteiger charge is 2.14. The lowest BCUT2D eigenvalue weighted by atomic mass is 9.88. The van der Waals surface area contributed by atoms with Gasteiger partial charge in [-0.25, -0.2) is 0 Å². The van der Waals surface area contributed by atoms with E-state index in [2.05, 4.69) is 24.3 Å². The Kier molecular flexibility index (Phi) is 8.99. The van der Waals surface area contributed by atoms with Crippen molar-refractivity contribution in [3.05, 3.63) is 131 Å². The van der Waals surface area contributed by atoms with Crippen molar-refractivity contribution in [1.82, 2.24) is 0 Å². The topological polar surface area (TPSA) is 38.7 Å². The summed E-state index contributed by atoms with van der Waals surface area (Å²) in [5.74, 6) is 1.54. The number of halogens is 1. The summed E-state index contributed by atoms with van der Waals surface area (Å²) in [6.07, 6.45) is 0.702. The normalized spacial score (nSPS) is 11.7. The zero-order valence-corrected chi connectivity index (χ0v) is 20.3. The van der Waals surface area contributed by atoms with E-state index in [9.17, 15) is 5.11 Å². The molecule has 0 saturated carbocycles. The zero-order valence-electron chi connectivity index (χ0n) is 19.6. The first kappa shape index (κ1) is 24.6. The molecule has 0 aliphatic heterocycles. The van der Waals surface area contributed by atoms with Gasteiger partial charge in [0, 0.05) is 5.88 Å². The number of ether oxygens (including phenoxy) is 2. The van der Waals surface area contributed by atoms with Gasteiger partial charge in [0.15, 0.2) is 0 Å². The van der Waals surface area contributed by atoms with Gasteiger partial charge in [-0.15, -0.1) is 11.6 Å². The van der Waals surface area contributed by atoms with Crippen LogP contribution in [0.1, 0.15) is 28.7 Å². The summed E-state index contributed by atoms with van der Waals surface area (Å²) < 4.78 is 11.6. The van der Waals surface area contributed by atoms with Crippen molar-refractivity contribution in [1.29, 1.82) is 0 Å². The molecular formula is C31H29ClO3. The first-order valence-electron chi connectivity index (χ1n) is 11.7. The van der Waals surface area contributed by atoms with Crippen LogP contribution in [0.25, 0.3) is 11.1 Å². The second kappa shape index (κ2) is 12.8. The Bertz CT molecular complexity index is 1200. The number of hydrogen-bond donors (Lipinski definition) is 1. The highest BCUT2D eigenvalue weighted by Crippen LogP contribution is 2.35. The highest BCUT2D eigenvalue weighted by molar-refractivity contribution is 6.18. The molecule has 3 nitrogen and oxygen atoms in total. The second-order valence-electron chi connectivity index (χ2n) is 8.12. The molecule has 0 unspecified atom stereocenters. The molecular weight excluding hydrogens is 456 g/mol. The van der Waals surface area contributed by atoms with E-state index in [0.717, 1.165) is 39.1 Å². The molecule has 0 saturated heterocycles. The molecule has 0 radical (unpaired) electrons. The summed E-state index contributed by atoms with van der Waals surface area (Å²) >= 11 is 6.23. The average molecular weight is 485 g/mol. The van der Waals surface area contributed by atoms with Crippen LogP contribution in [0.3, 0.4) is 0 Å². The summed E-state index contributed by atoms with van der Waals surface area (Å²) in [6, 6.07) is 35.9. The third kappa shape index (κ3) is 6.98. The lowest BCUT2D eigenvalue weighted by Crippen LogP contribution is -2.06. The lowest BCUT2D eigenvalue weighted by molar-refractivity contribution is 0.0889. The van der Waals surface area contributed by atoms with Crippen LogP contribution >= 0.6 is 11.6 Å². The van der Waals surface area contributed by atoms with Gasteiger partial charge >= 0.3 is 0 Å². The van der Waals surface area contributed by atoms with E-state index >= 15 is 0 Å². The minimum absolute atomic E-state index is 0.245. The molecule has 4 heteroatoms. The third-order valence-corrected chi connectivity index (χ3v) is 5.86. The molecule has 35 heavy (non-hydrogen) atoms. The van der Waals surface area contributed by atoms with E-state index in [0.29, 0.717) is 32.1 Å². The van der Waals surface area contributed by atoms with Crippen LogP contribution in [0.15, 0.2) is 109 Å². The van der Waals surface area contributed by atoms with E-state index in [1.54, 1.807) is 12.1 Å². The van der Waals surface area contributed by atoms with Crippen molar-refractivity contribution in [2.75, 3.05) is 19.1 Å². The Morgan fingerprint density at radius 2 is 1.26 bits per heavy atom. The smallest absolute Gasteiger partial charge is 0.119 e. The fraction of sp³-hybridized carbons (Fsp3) is 0.161. The van der Waals surface area contributed by atoms with E-state index < -0.39 is 0 Å². The number of hydrogen-bond acceptors (Lipinski definition) is 3. The maximum Gasteiger partial charge on any atom is 0.119 e. The van der Waals surface area contributed by atoms with Crippen molar-refractivity contribution in [2.45, 2.75) is 13.0 Å². The van der Waals surface area contributed by atoms with Crippen LogP contribution in [-0.2, 0) is 11.3 Å². The van der Waals surface area contributed by atoms with Crippen LogP contribution in [0.2, 0.25) is 0 Å². The van der Waals surface area contributed by atoms with Crippen molar-refractivity contribution in [3.8, 4) is 11.5 Å². The quantitative estimate of drug-likeness (QED) is 0.135. The number of phenolic OH excluding ortho intramolecular Hbond substituents is 1. The Morgan fingerprint density at radius 1 is 0.657 bits per heavy atom. The molecule has 0 fully saturated rings. The lowest BCUT2D eigenvalue weighted by Gasteiger charge is -2.17. The van der Waals surface area contributed by atoms with Crippen LogP contribution in [0.4, 0.5) is 0 Å². The standard InChI is InChI=1S/C31H29ClO3/c32-20-19-30(25-11-15-28(33)16-12-25)31(26-9-5-2-6-10-26)27-13-17-29(18-14-27)35-22-21-34-23-24-7-3-1-4-8-24/h1-18,33H,19-23H2/b31-30+. The zero-order chi connectivity index (χ0) is 24.3. The van der Waals surface area contributed by atoms with Crippen molar-refractivity contribution in [2.24, 2.45) is 0 Å². The molecule has 4 aromatic rings. The van der Waals surface area contributed by atoms with Gasteiger partial charge in [0.25, 0.3) is 0 Å². The van der Waals surface area contributed by atoms with Crippen LogP contribution in [0, 0.1) is 0 Å². The summed E-state index contributed by atoms with van der Waals surface area (Å²) in [5, 5.41) is 9.77. The van der Waals surface area contributed by atoms with Crippen molar-refractivity contribution < 1.29 is 14.6 Å². The van der Waals surface area contributed by atoms with Gasteiger partial charge in [-0.05, 0) is 64.1 Å². The molecule has 0 bridgehead atoms. The van der Waals surface area contributed by atoms with E-state index in [-0.39, 0.29) is 5.75 Å². The SMILES string of the molecule is Oc1ccc(/C(CCCl)=C(\c2ccccc2)c2ccc(OCCOCc3ccccc3)cc2)cc1. The molecule has 178 valence electrons. The highest BCUT2D eigenvalue weighted by atomic mass is 35.5. The fourth-order valence-electron chi connectivity index (χ4n) is 3.99. The molecule has 0 aliphatic carbocycles. The van der Waals surface area contributed by atoms with Crippen LogP contribution in [-0.4, -0.2) is 24.2 Å². The summed E-state index contributed by atoms with van der Waals surface area (Å²) in [5.41, 5.74) is 6.64. The molecule has 4 rings (SSSR count). The average Bonchev–Trinajstić information content (AvgIpc) is 2.91. The van der Waals surface area contributed by atoms with Gasteiger partial charge in [-0.1, -0.05) is 84.9 Å². The first-order valence-corrected chi connectivity index (χ1v) is 12.3. The van der Waals surface area contributed by atoms with Crippen LogP contribution in [0.5, 0.6) is 11.5 Å². The number of phenols is 1. The minimum atomic E-state index is 0.245. The fourth-order valence-corrected chi connectivity index (χ4v) is 4.18. The first-order chi connectivity index (χ1) is 17.2. The molecule has 1 N–H and O–H groups in total. The predicted molar refractivity (Wildman–Crippen MR) is 144 cm³/mol. The van der Waals surface area contributed by atoms with Crippen molar-refractivity contribution in [3.63, 3.8) is 0 Å². The third-order valence-electron chi connectivity index (χ3n) is 5.68. The number of benzene rings is 4. The van der Waals surface area contributed by atoms with Crippen LogP contribution < -0.4 is 4.74 Å². The number of aromatic hydroxyl groups is 1. The molecule has 0 aromatic heterocycles. The van der Waals surface area contributed by atoms with Gasteiger partial charge in [-0.2, -0.15) is 0 Å². The molecule has 0 spiro atoms. The summed E-state index contributed by atoms with van der Waals surface area (Å²) in [6.45, 7) is 1.58.